The Labute approximate surface area is 167 Å². The summed E-state index contributed by atoms with van der Waals surface area (Å²) in [5.41, 5.74) is 8.89. The number of aryl methyl sites for hydroxylation is 2. The molecule has 148 valence electrons. The minimum Gasteiger partial charge on any atom is -0.201 e. The number of benzene rings is 1. The SMILES string of the molecule is Cc1cc(C(C)(C)C)ccc1-c1cc(C(C)(C)C)c(CC(C)(C)C)c[n+]1C. The van der Waals surface area contributed by atoms with Gasteiger partial charge in [0.2, 0.25) is 5.69 Å². The lowest BCUT2D eigenvalue weighted by Crippen LogP contribution is -2.34. The Morgan fingerprint density at radius 3 is 1.85 bits per heavy atom. The highest BCUT2D eigenvalue weighted by atomic mass is 14.9. The van der Waals surface area contributed by atoms with E-state index in [-0.39, 0.29) is 16.2 Å². The lowest BCUT2D eigenvalue weighted by atomic mass is 9.78. The average molecular weight is 367 g/mol. The zero-order valence-corrected chi connectivity index (χ0v) is 19.5. The van der Waals surface area contributed by atoms with Crippen molar-refractivity contribution in [1.29, 1.82) is 0 Å². The van der Waals surface area contributed by atoms with Gasteiger partial charge >= 0.3 is 0 Å². The van der Waals surface area contributed by atoms with Gasteiger partial charge in [0.1, 0.15) is 7.05 Å². The maximum atomic E-state index is 2.43. The molecule has 0 fully saturated rings. The molecule has 2 aromatic rings. The fourth-order valence-corrected chi connectivity index (χ4v) is 3.80. The maximum Gasteiger partial charge on any atom is 0.212 e. The summed E-state index contributed by atoms with van der Waals surface area (Å²) in [5.74, 6) is 0. The van der Waals surface area contributed by atoms with Gasteiger partial charge in [0, 0.05) is 17.2 Å². The first-order chi connectivity index (χ1) is 12.1. The van der Waals surface area contributed by atoms with Crippen LogP contribution in [0, 0.1) is 12.3 Å². The molecule has 27 heavy (non-hydrogen) atoms. The summed E-state index contributed by atoms with van der Waals surface area (Å²) < 4.78 is 2.31. The molecular weight excluding hydrogens is 326 g/mol. The van der Waals surface area contributed by atoms with E-state index >= 15 is 0 Å². The molecule has 1 heterocycles. The van der Waals surface area contributed by atoms with Gasteiger partial charge in [-0.1, -0.05) is 74.4 Å². The molecule has 1 aromatic heterocycles. The van der Waals surface area contributed by atoms with E-state index in [0.29, 0.717) is 0 Å². The predicted molar refractivity (Wildman–Crippen MR) is 118 cm³/mol. The van der Waals surface area contributed by atoms with Crippen LogP contribution in [0.2, 0.25) is 0 Å². The molecule has 1 heteroatoms. The van der Waals surface area contributed by atoms with Gasteiger partial charge in [0.05, 0.1) is 0 Å². The lowest BCUT2D eigenvalue weighted by molar-refractivity contribution is -0.661. The van der Waals surface area contributed by atoms with Crippen LogP contribution >= 0.6 is 0 Å². The van der Waals surface area contributed by atoms with Crippen LogP contribution in [0.4, 0.5) is 0 Å². The van der Waals surface area contributed by atoms with E-state index in [1.807, 2.05) is 0 Å². The number of nitrogens with zero attached hydrogens (tertiary/aromatic N) is 1. The lowest BCUT2D eigenvalue weighted by Gasteiger charge is -2.26. The quantitative estimate of drug-likeness (QED) is 0.523. The fraction of sp³-hybridized carbons (Fsp3) is 0.577. The second kappa shape index (κ2) is 7.08. The minimum atomic E-state index is 0.128. The van der Waals surface area contributed by atoms with Crippen LogP contribution in [0.5, 0.6) is 0 Å². The topological polar surface area (TPSA) is 3.88 Å². The number of aromatic nitrogens is 1. The van der Waals surface area contributed by atoms with E-state index < -0.39 is 0 Å². The van der Waals surface area contributed by atoms with Gasteiger partial charge in [0.15, 0.2) is 6.20 Å². The third-order valence-corrected chi connectivity index (χ3v) is 5.25. The Bertz CT molecular complexity index is 821. The number of pyridine rings is 1. The summed E-state index contributed by atoms with van der Waals surface area (Å²) in [7, 11) is 2.19. The van der Waals surface area contributed by atoms with Gasteiger partial charge in [-0.05, 0) is 52.3 Å². The van der Waals surface area contributed by atoms with E-state index in [0.717, 1.165) is 6.42 Å². The van der Waals surface area contributed by atoms with Crippen LogP contribution < -0.4 is 4.57 Å². The molecule has 1 nitrogen and oxygen atoms in total. The van der Waals surface area contributed by atoms with Gasteiger partial charge in [-0.3, -0.25) is 0 Å². The standard InChI is InChI=1S/C26H40N/c1-18-14-20(25(5,6)7)12-13-21(18)23-15-22(26(8,9)10)19(17-27(23)11)16-24(2,3)4/h12-15,17H,16H2,1-11H3/q+1. The van der Waals surface area contributed by atoms with Crippen LogP contribution in [-0.2, 0) is 24.3 Å². The fourth-order valence-electron chi connectivity index (χ4n) is 3.80. The van der Waals surface area contributed by atoms with Crippen molar-refractivity contribution in [1.82, 2.24) is 0 Å². The summed E-state index contributed by atoms with van der Waals surface area (Å²) in [4.78, 5) is 0. The Balaban J connectivity index is 2.65. The van der Waals surface area contributed by atoms with E-state index in [9.17, 15) is 0 Å². The van der Waals surface area contributed by atoms with Gasteiger partial charge in [-0.2, -0.15) is 0 Å². The Kier molecular flexibility index (Phi) is 5.68. The summed E-state index contributed by atoms with van der Waals surface area (Å²) in [6, 6.07) is 9.39. The monoisotopic (exact) mass is 366 g/mol. The third-order valence-electron chi connectivity index (χ3n) is 5.25. The van der Waals surface area contributed by atoms with Crippen molar-refractivity contribution in [3.05, 3.63) is 52.7 Å². The molecule has 0 spiro atoms. The molecule has 0 aliphatic rings. The molecule has 0 bridgehead atoms. The molecule has 0 amide bonds. The molecule has 0 radical (unpaired) electrons. The Morgan fingerprint density at radius 1 is 0.815 bits per heavy atom. The smallest absolute Gasteiger partial charge is 0.201 e. The minimum absolute atomic E-state index is 0.128. The zero-order chi connectivity index (χ0) is 20.8. The molecule has 0 N–H and O–H groups in total. The van der Waals surface area contributed by atoms with Crippen LogP contribution in [0.1, 0.15) is 84.6 Å². The first-order valence-corrected chi connectivity index (χ1v) is 10.2. The number of hydrogen-bond donors (Lipinski definition) is 0. The van der Waals surface area contributed by atoms with Gasteiger partial charge in [0.25, 0.3) is 0 Å². The Morgan fingerprint density at radius 2 is 1.41 bits per heavy atom. The first-order valence-electron chi connectivity index (χ1n) is 10.2. The third kappa shape index (κ3) is 5.21. The normalized spacial score (nSPS) is 13.1. The van der Waals surface area contributed by atoms with Crippen molar-refractivity contribution in [2.24, 2.45) is 12.5 Å². The van der Waals surface area contributed by atoms with Crippen LogP contribution in [0.25, 0.3) is 11.3 Å². The van der Waals surface area contributed by atoms with Gasteiger partial charge in [-0.25, -0.2) is 4.57 Å². The second-order valence-electron chi connectivity index (χ2n) is 11.5. The van der Waals surface area contributed by atoms with E-state index in [4.69, 9.17) is 0 Å². The highest BCUT2D eigenvalue weighted by molar-refractivity contribution is 5.63. The van der Waals surface area contributed by atoms with E-state index in [2.05, 4.69) is 111 Å². The molecule has 0 aliphatic heterocycles. The summed E-state index contributed by atoms with van der Waals surface area (Å²) in [5, 5.41) is 0. The molecule has 2 rings (SSSR count). The molecule has 0 saturated carbocycles. The predicted octanol–water partition coefficient (Wildman–Crippen LogP) is 6.67. The van der Waals surface area contributed by atoms with Crippen molar-refractivity contribution in [3.63, 3.8) is 0 Å². The molecule has 0 unspecified atom stereocenters. The largest absolute Gasteiger partial charge is 0.212 e. The van der Waals surface area contributed by atoms with Crippen molar-refractivity contribution in [2.75, 3.05) is 0 Å². The van der Waals surface area contributed by atoms with Crippen LogP contribution in [0.3, 0.4) is 0 Å². The van der Waals surface area contributed by atoms with Crippen molar-refractivity contribution >= 4 is 0 Å². The van der Waals surface area contributed by atoms with Crippen LogP contribution in [0.15, 0.2) is 30.5 Å². The molecular formula is C26H40N+. The van der Waals surface area contributed by atoms with Crippen molar-refractivity contribution in [2.45, 2.75) is 86.5 Å². The van der Waals surface area contributed by atoms with Crippen LogP contribution in [-0.4, -0.2) is 0 Å². The number of hydrogen-bond acceptors (Lipinski definition) is 0. The summed E-state index contributed by atoms with van der Waals surface area (Å²) in [6.45, 7) is 23.0. The molecule has 1 aromatic carbocycles. The number of rotatable bonds is 2. The summed E-state index contributed by atoms with van der Waals surface area (Å²) >= 11 is 0. The average Bonchev–Trinajstić information content (AvgIpc) is 2.44. The van der Waals surface area contributed by atoms with Crippen molar-refractivity contribution < 1.29 is 4.57 Å². The molecule has 0 atom stereocenters. The van der Waals surface area contributed by atoms with E-state index in [1.54, 1.807) is 0 Å². The molecule has 0 saturated heterocycles. The van der Waals surface area contributed by atoms with Gasteiger partial charge < -0.3 is 0 Å². The van der Waals surface area contributed by atoms with E-state index in [1.165, 1.54) is 33.5 Å². The zero-order valence-electron chi connectivity index (χ0n) is 19.5. The Hall–Kier alpha value is -1.63. The highest BCUT2D eigenvalue weighted by Gasteiger charge is 2.27. The first kappa shape index (κ1) is 21.7. The van der Waals surface area contributed by atoms with Crippen molar-refractivity contribution in [3.8, 4) is 11.3 Å². The second-order valence-corrected chi connectivity index (χ2v) is 11.5. The summed E-state index contributed by atoms with van der Waals surface area (Å²) in [6.07, 6.45) is 3.45. The maximum absolute atomic E-state index is 2.43. The molecule has 0 aliphatic carbocycles. The highest BCUT2D eigenvalue weighted by Crippen LogP contribution is 2.34. The van der Waals surface area contributed by atoms with Gasteiger partial charge in [-0.15, -0.1) is 0 Å².